The van der Waals surface area contributed by atoms with Crippen LogP contribution >= 0.6 is 11.3 Å². The maximum absolute atomic E-state index is 13.7. The van der Waals surface area contributed by atoms with E-state index in [-0.39, 0.29) is 11.5 Å². The first-order chi connectivity index (χ1) is 14.7. The zero-order valence-electron chi connectivity index (χ0n) is 15.5. The number of carboxylic acid groups (broad SMARTS) is 1. The minimum atomic E-state index is -4.66. The summed E-state index contributed by atoms with van der Waals surface area (Å²) in [6, 6.07) is 14.2. The lowest BCUT2D eigenvalue weighted by atomic mass is 10.0. The highest BCUT2D eigenvalue weighted by atomic mass is 32.1. The minimum absolute atomic E-state index is 0.124. The molecule has 4 nitrogen and oxygen atoms in total. The van der Waals surface area contributed by atoms with E-state index in [0.717, 1.165) is 12.1 Å². The quantitative estimate of drug-likeness (QED) is 0.370. The summed E-state index contributed by atoms with van der Waals surface area (Å²) in [5.74, 6) is -2.42. The monoisotopic (exact) mass is 444 g/mol. The number of rotatable bonds is 4. The van der Waals surface area contributed by atoms with Gasteiger partial charge in [-0.15, -0.1) is 11.3 Å². The van der Waals surface area contributed by atoms with Gasteiger partial charge in [-0.3, -0.25) is 0 Å². The van der Waals surface area contributed by atoms with Crippen LogP contribution in [0, 0.1) is 5.82 Å². The Hall–Kier alpha value is -3.59. The van der Waals surface area contributed by atoms with Gasteiger partial charge in [-0.2, -0.15) is 13.2 Å². The Labute approximate surface area is 177 Å². The van der Waals surface area contributed by atoms with Gasteiger partial charge < -0.3 is 5.11 Å². The van der Waals surface area contributed by atoms with E-state index < -0.39 is 29.2 Å². The summed E-state index contributed by atoms with van der Waals surface area (Å²) in [5.41, 5.74) is -0.237. The third kappa shape index (κ3) is 4.31. The van der Waals surface area contributed by atoms with Crippen LogP contribution < -0.4 is 0 Å². The Morgan fingerprint density at radius 1 is 0.903 bits per heavy atom. The van der Waals surface area contributed by atoms with Crippen LogP contribution in [0.5, 0.6) is 0 Å². The van der Waals surface area contributed by atoms with Crippen molar-refractivity contribution in [2.24, 2.45) is 0 Å². The Morgan fingerprint density at radius 2 is 1.65 bits per heavy atom. The molecule has 0 unspecified atom stereocenters. The minimum Gasteiger partial charge on any atom is -0.478 e. The number of hydrogen-bond acceptors (Lipinski definition) is 4. The Bertz CT molecular complexity index is 1270. The Morgan fingerprint density at radius 3 is 2.32 bits per heavy atom. The number of aromatic carboxylic acids is 1. The molecule has 9 heteroatoms. The number of nitrogens with zero attached hydrogens (tertiary/aromatic N) is 2. The number of benzene rings is 2. The van der Waals surface area contributed by atoms with Crippen LogP contribution in [0.1, 0.15) is 16.1 Å². The van der Waals surface area contributed by atoms with E-state index in [4.69, 9.17) is 5.11 Å². The summed E-state index contributed by atoms with van der Waals surface area (Å²) in [5, 5.41) is 10.9. The molecule has 2 aromatic heterocycles. The van der Waals surface area contributed by atoms with Gasteiger partial charge in [0.1, 0.15) is 11.5 Å². The van der Waals surface area contributed by atoms with Crippen molar-refractivity contribution in [3.63, 3.8) is 0 Å². The number of carbonyl (C=O) groups is 1. The van der Waals surface area contributed by atoms with Crippen LogP contribution in [-0.4, -0.2) is 21.0 Å². The SMILES string of the molecule is O=C(O)c1cc(-c2cccc(-c3nc(-c4cccs4)cc(C(F)(F)F)n3)c2)ccc1F. The molecule has 0 saturated carbocycles. The van der Waals surface area contributed by atoms with Crippen LogP contribution in [0.2, 0.25) is 0 Å². The fraction of sp³-hybridized carbons (Fsp3) is 0.0455. The summed E-state index contributed by atoms with van der Waals surface area (Å²) in [7, 11) is 0. The van der Waals surface area contributed by atoms with Gasteiger partial charge in [-0.25, -0.2) is 19.2 Å². The van der Waals surface area contributed by atoms with E-state index in [2.05, 4.69) is 9.97 Å². The molecule has 0 amide bonds. The molecule has 0 spiro atoms. The van der Waals surface area contributed by atoms with E-state index in [9.17, 15) is 22.4 Å². The number of aromatic nitrogens is 2. The van der Waals surface area contributed by atoms with Gasteiger partial charge >= 0.3 is 12.1 Å². The third-order valence-electron chi connectivity index (χ3n) is 4.44. The molecule has 0 atom stereocenters. The molecule has 156 valence electrons. The van der Waals surface area contributed by atoms with Gasteiger partial charge in [0.05, 0.1) is 16.1 Å². The Balaban J connectivity index is 1.84. The lowest BCUT2D eigenvalue weighted by Gasteiger charge is -2.11. The molecule has 0 bridgehead atoms. The lowest BCUT2D eigenvalue weighted by Crippen LogP contribution is -2.10. The number of thiophene rings is 1. The van der Waals surface area contributed by atoms with E-state index in [0.29, 0.717) is 21.6 Å². The highest BCUT2D eigenvalue weighted by Gasteiger charge is 2.34. The molecule has 0 aliphatic carbocycles. The molecular formula is C22H12F4N2O2S. The van der Waals surface area contributed by atoms with Gasteiger partial charge in [0.25, 0.3) is 0 Å². The van der Waals surface area contributed by atoms with Crippen molar-refractivity contribution < 1.29 is 27.5 Å². The van der Waals surface area contributed by atoms with Crippen molar-refractivity contribution in [2.45, 2.75) is 6.18 Å². The van der Waals surface area contributed by atoms with Crippen molar-refractivity contribution in [3.05, 3.63) is 83.1 Å². The van der Waals surface area contributed by atoms with Crippen molar-refractivity contribution in [2.75, 3.05) is 0 Å². The predicted molar refractivity (Wildman–Crippen MR) is 108 cm³/mol. The van der Waals surface area contributed by atoms with Gasteiger partial charge in [0, 0.05) is 5.56 Å². The molecule has 4 rings (SSSR count). The zero-order chi connectivity index (χ0) is 22.2. The fourth-order valence-electron chi connectivity index (χ4n) is 2.98. The molecule has 1 N–H and O–H groups in total. The maximum Gasteiger partial charge on any atom is 0.433 e. The van der Waals surface area contributed by atoms with E-state index in [1.165, 1.54) is 29.5 Å². The van der Waals surface area contributed by atoms with E-state index in [1.807, 2.05) is 0 Å². The van der Waals surface area contributed by atoms with E-state index in [1.54, 1.807) is 35.7 Å². The average molecular weight is 444 g/mol. The van der Waals surface area contributed by atoms with Crippen molar-refractivity contribution in [1.82, 2.24) is 9.97 Å². The van der Waals surface area contributed by atoms with Crippen molar-refractivity contribution in [3.8, 4) is 33.1 Å². The van der Waals surface area contributed by atoms with Crippen molar-refractivity contribution in [1.29, 1.82) is 0 Å². The largest absolute Gasteiger partial charge is 0.478 e. The first-order valence-electron chi connectivity index (χ1n) is 8.86. The molecule has 0 aliphatic heterocycles. The summed E-state index contributed by atoms with van der Waals surface area (Å²) in [4.78, 5) is 19.8. The van der Waals surface area contributed by atoms with Crippen LogP contribution in [-0.2, 0) is 6.18 Å². The molecule has 0 aliphatic rings. The molecule has 31 heavy (non-hydrogen) atoms. The molecule has 2 aromatic carbocycles. The zero-order valence-corrected chi connectivity index (χ0v) is 16.3. The molecule has 0 radical (unpaired) electrons. The number of carboxylic acids is 1. The van der Waals surface area contributed by atoms with Gasteiger partial charge in [-0.1, -0.05) is 30.3 Å². The molecular weight excluding hydrogens is 432 g/mol. The standard InChI is InChI=1S/C22H12F4N2O2S/c23-16-7-6-13(10-15(16)21(29)30)12-3-1-4-14(9-12)20-27-17(18-5-2-8-31-18)11-19(28-20)22(24,25)26/h1-11H,(H,29,30). The highest BCUT2D eigenvalue weighted by Crippen LogP contribution is 2.34. The number of hydrogen-bond donors (Lipinski definition) is 1. The smallest absolute Gasteiger partial charge is 0.433 e. The second-order valence-electron chi connectivity index (χ2n) is 6.52. The lowest BCUT2D eigenvalue weighted by molar-refractivity contribution is -0.141. The molecule has 0 fully saturated rings. The number of alkyl halides is 3. The average Bonchev–Trinajstić information content (AvgIpc) is 3.28. The van der Waals surface area contributed by atoms with Crippen LogP contribution in [0.15, 0.2) is 66.0 Å². The predicted octanol–water partition coefficient (Wildman–Crippen LogP) is 6.40. The van der Waals surface area contributed by atoms with E-state index >= 15 is 0 Å². The second kappa shape index (κ2) is 7.92. The third-order valence-corrected chi connectivity index (χ3v) is 5.33. The van der Waals surface area contributed by atoms with Gasteiger partial charge in [-0.05, 0) is 46.8 Å². The maximum atomic E-state index is 13.7. The normalized spacial score (nSPS) is 11.5. The van der Waals surface area contributed by atoms with Crippen molar-refractivity contribution >= 4 is 17.3 Å². The summed E-state index contributed by atoms with van der Waals surface area (Å²) in [6.45, 7) is 0. The first kappa shape index (κ1) is 20.7. The molecule has 2 heterocycles. The topological polar surface area (TPSA) is 63.1 Å². The molecule has 4 aromatic rings. The van der Waals surface area contributed by atoms with Gasteiger partial charge in [0.2, 0.25) is 0 Å². The highest BCUT2D eigenvalue weighted by molar-refractivity contribution is 7.13. The van der Waals surface area contributed by atoms with Crippen LogP contribution in [0.3, 0.4) is 0 Å². The summed E-state index contributed by atoms with van der Waals surface area (Å²) >= 11 is 1.26. The Kier molecular flexibility index (Phi) is 5.28. The second-order valence-corrected chi connectivity index (χ2v) is 7.47. The van der Waals surface area contributed by atoms with Crippen LogP contribution in [0.25, 0.3) is 33.1 Å². The van der Waals surface area contributed by atoms with Crippen LogP contribution in [0.4, 0.5) is 17.6 Å². The number of halogens is 4. The summed E-state index contributed by atoms with van der Waals surface area (Å²) in [6.07, 6.45) is -4.66. The fourth-order valence-corrected chi connectivity index (χ4v) is 3.66. The first-order valence-corrected chi connectivity index (χ1v) is 9.74. The van der Waals surface area contributed by atoms with Gasteiger partial charge in [0.15, 0.2) is 5.82 Å². The summed E-state index contributed by atoms with van der Waals surface area (Å²) < 4.78 is 54.0. The molecule has 0 saturated heterocycles.